The number of para-hydroxylation sites is 1. The number of carbonyl (C=O) groups is 2. The first kappa shape index (κ1) is 22.6. The molecule has 8 nitrogen and oxygen atoms in total. The number of aryl methyl sites for hydroxylation is 1. The van der Waals surface area contributed by atoms with Crippen LogP contribution in [-0.4, -0.2) is 16.4 Å². The van der Waals surface area contributed by atoms with Crippen LogP contribution < -0.4 is 21.1 Å². The van der Waals surface area contributed by atoms with Crippen LogP contribution in [-0.2, 0) is 13.2 Å². The number of furan rings is 1. The molecule has 0 atom stereocenters. The fourth-order valence-corrected chi connectivity index (χ4v) is 3.33. The smallest absolute Gasteiger partial charge is 0.305 e. The van der Waals surface area contributed by atoms with Gasteiger partial charge < -0.3 is 13.7 Å². The van der Waals surface area contributed by atoms with Gasteiger partial charge in [-0.25, -0.2) is 0 Å². The average molecular weight is 457 g/mol. The van der Waals surface area contributed by atoms with Crippen molar-refractivity contribution >= 4 is 11.8 Å². The molecule has 2 N–H and O–H groups in total. The molecular weight excluding hydrogens is 434 g/mol. The van der Waals surface area contributed by atoms with Gasteiger partial charge in [-0.2, -0.15) is 0 Å². The summed E-state index contributed by atoms with van der Waals surface area (Å²) >= 11 is 0. The zero-order valence-electron chi connectivity index (χ0n) is 18.5. The van der Waals surface area contributed by atoms with Crippen molar-refractivity contribution in [3.05, 3.63) is 124 Å². The third kappa shape index (κ3) is 5.60. The van der Waals surface area contributed by atoms with Gasteiger partial charge in [-0.3, -0.25) is 25.2 Å². The molecule has 4 aromatic rings. The third-order valence-corrected chi connectivity index (χ3v) is 5.00. The lowest BCUT2D eigenvalue weighted by Gasteiger charge is -2.10. The summed E-state index contributed by atoms with van der Waals surface area (Å²) in [7, 11) is 0. The maximum Gasteiger partial charge on any atom is 0.305 e. The minimum Gasteiger partial charge on any atom is -0.486 e. The Kier molecular flexibility index (Phi) is 6.88. The molecule has 8 heteroatoms. The first-order valence-electron chi connectivity index (χ1n) is 10.6. The van der Waals surface area contributed by atoms with Gasteiger partial charge in [0.05, 0.1) is 6.54 Å². The summed E-state index contributed by atoms with van der Waals surface area (Å²) in [5, 5.41) is 0. The van der Waals surface area contributed by atoms with E-state index in [0.717, 1.165) is 11.1 Å². The molecule has 0 spiro atoms. The Morgan fingerprint density at radius 3 is 2.50 bits per heavy atom. The molecule has 2 aromatic heterocycles. The molecule has 0 unspecified atom stereocenters. The summed E-state index contributed by atoms with van der Waals surface area (Å²) in [6.07, 6.45) is 1.61. The molecule has 0 bridgehead atoms. The van der Waals surface area contributed by atoms with E-state index in [0.29, 0.717) is 18.1 Å². The maximum atomic E-state index is 12.8. The van der Waals surface area contributed by atoms with Gasteiger partial charge in [0, 0.05) is 6.20 Å². The summed E-state index contributed by atoms with van der Waals surface area (Å²) in [5.41, 5.74) is 6.00. The van der Waals surface area contributed by atoms with E-state index in [2.05, 4.69) is 10.9 Å². The highest BCUT2D eigenvalue weighted by Crippen LogP contribution is 2.14. The van der Waals surface area contributed by atoms with Crippen LogP contribution in [0.25, 0.3) is 0 Å². The van der Waals surface area contributed by atoms with E-state index >= 15 is 0 Å². The molecule has 34 heavy (non-hydrogen) atoms. The van der Waals surface area contributed by atoms with Crippen LogP contribution in [0.4, 0.5) is 0 Å². The summed E-state index contributed by atoms with van der Waals surface area (Å²) in [6, 6.07) is 23.1. The molecule has 172 valence electrons. The van der Waals surface area contributed by atoms with E-state index in [9.17, 15) is 14.4 Å². The number of rotatable bonds is 7. The number of pyridine rings is 1. The van der Waals surface area contributed by atoms with E-state index in [1.807, 2.05) is 61.5 Å². The minimum atomic E-state index is -0.726. The van der Waals surface area contributed by atoms with Crippen molar-refractivity contribution in [2.24, 2.45) is 0 Å². The highest BCUT2D eigenvalue weighted by Gasteiger charge is 2.16. The van der Waals surface area contributed by atoms with Gasteiger partial charge >= 0.3 is 5.91 Å². The highest BCUT2D eigenvalue weighted by molar-refractivity contribution is 5.97. The first-order chi connectivity index (χ1) is 16.5. The lowest BCUT2D eigenvalue weighted by atomic mass is 10.1. The van der Waals surface area contributed by atoms with Crippen molar-refractivity contribution in [1.29, 1.82) is 0 Å². The van der Waals surface area contributed by atoms with E-state index in [4.69, 9.17) is 9.15 Å². The number of aromatic nitrogens is 1. The van der Waals surface area contributed by atoms with Crippen molar-refractivity contribution in [3.8, 4) is 5.75 Å². The second-order valence-corrected chi connectivity index (χ2v) is 7.62. The van der Waals surface area contributed by atoms with Gasteiger partial charge in [0.15, 0.2) is 5.76 Å². The van der Waals surface area contributed by atoms with Crippen molar-refractivity contribution in [2.45, 2.75) is 20.1 Å². The Bertz CT molecular complexity index is 1360. The Morgan fingerprint density at radius 2 is 1.71 bits per heavy atom. The van der Waals surface area contributed by atoms with Crippen molar-refractivity contribution in [1.82, 2.24) is 15.4 Å². The molecule has 0 aliphatic carbocycles. The molecule has 2 amide bonds. The predicted octanol–water partition coefficient (Wildman–Crippen LogP) is 3.45. The second kappa shape index (κ2) is 10.4. The standard InChI is InChI=1S/C26H23N3O5/c1-18-7-5-8-19(15-18)16-29-14-6-11-22(26(29)32)24(30)27-28-25(31)23-13-12-21(34-23)17-33-20-9-3-2-4-10-20/h2-15H,16-17H2,1H3,(H,27,30)(H,28,31). The zero-order chi connectivity index (χ0) is 23.9. The Hall–Kier alpha value is -4.59. The number of benzene rings is 2. The van der Waals surface area contributed by atoms with E-state index in [-0.39, 0.29) is 17.9 Å². The van der Waals surface area contributed by atoms with Crippen molar-refractivity contribution < 1.29 is 18.7 Å². The number of amides is 2. The van der Waals surface area contributed by atoms with Crippen LogP contribution in [0.15, 0.2) is 94.3 Å². The quantitative estimate of drug-likeness (QED) is 0.414. The number of nitrogens with zero attached hydrogens (tertiary/aromatic N) is 1. The van der Waals surface area contributed by atoms with Gasteiger partial charge in [-0.1, -0.05) is 48.0 Å². The van der Waals surface area contributed by atoms with E-state index in [1.54, 1.807) is 18.3 Å². The van der Waals surface area contributed by atoms with Gasteiger partial charge in [0.2, 0.25) is 0 Å². The largest absolute Gasteiger partial charge is 0.486 e. The number of hydrogen-bond acceptors (Lipinski definition) is 5. The number of ether oxygens (including phenoxy) is 1. The molecule has 4 rings (SSSR count). The maximum absolute atomic E-state index is 12.8. The fourth-order valence-electron chi connectivity index (χ4n) is 3.33. The molecule has 0 fully saturated rings. The van der Waals surface area contributed by atoms with Gasteiger partial charge in [0.25, 0.3) is 11.5 Å². The fraction of sp³-hybridized carbons (Fsp3) is 0.115. The van der Waals surface area contributed by atoms with Crippen LogP contribution >= 0.6 is 0 Å². The van der Waals surface area contributed by atoms with Gasteiger partial charge in [-0.05, 0) is 48.9 Å². The molecule has 0 aliphatic heterocycles. The predicted molar refractivity (Wildman–Crippen MR) is 125 cm³/mol. The molecule has 0 saturated heterocycles. The first-order valence-corrected chi connectivity index (χ1v) is 10.6. The van der Waals surface area contributed by atoms with Gasteiger partial charge in [-0.15, -0.1) is 0 Å². The monoisotopic (exact) mass is 457 g/mol. The molecule has 0 radical (unpaired) electrons. The average Bonchev–Trinajstić information content (AvgIpc) is 3.32. The molecule has 0 aliphatic rings. The molecular formula is C26H23N3O5. The topological polar surface area (TPSA) is 103 Å². The van der Waals surface area contributed by atoms with E-state index < -0.39 is 17.4 Å². The van der Waals surface area contributed by atoms with Gasteiger partial charge in [0.1, 0.15) is 23.7 Å². The number of hydrazine groups is 1. The van der Waals surface area contributed by atoms with Crippen LogP contribution in [0.1, 0.15) is 37.8 Å². The van der Waals surface area contributed by atoms with Crippen LogP contribution in [0, 0.1) is 6.92 Å². The second-order valence-electron chi connectivity index (χ2n) is 7.62. The number of carbonyl (C=O) groups excluding carboxylic acids is 2. The normalized spacial score (nSPS) is 10.5. The Morgan fingerprint density at radius 1 is 0.912 bits per heavy atom. The lowest BCUT2D eigenvalue weighted by molar-refractivity contribution is 0.0827. The summed E-state index contributed by atoms with van der Waals surface area (Å²) in [4.78, 5) is 37.6. The zero-order valence-corrected chi connectivity index (χ0v) is 18.5. The molecule has 0 saturated carbocycles. The van der Waals surface area contributed by atoms with Crippen molar-refractivity contribution in [3.63, 3.8) is 0 Å². The Balaban J connectivity index is 1.35. The van der Waals surface area contributed by atoms with Crippen LogP contribution in [0.3, 0.4) is 0 Å². The SMILES string of the molecule is Cc1cccc(Cn2cccc(C(=O)NNC(=O)c3ccc(COc4ccccc4)o3)c2=O)c1. The summed E-state index contributed by atoms with van der Waals surface area (Å²) in [5.74, 6) is -0.265. The number of nitrogens with one attached hydrogen (secondary N) is 2. The lowest BCUT2D eigenvalue weighted by Crippen LogP contribution is -2.44. The minimum absolute atomic E-state index is 0.00289. The Labute approximate surface area is 195 Å². The van der Waals surface area contributed by atoms with Crippen molar-refractivity contribution in [2.75, 3.05) is 0 Å². The van der Waals surface area contributed by atoms with E-state index in [1.165, 1.54) is 16.7 Å². The summed E-state index contributed by atoms with van der Waals surface area (Å²) < 4.78 is 12.5. The summed E-state index contributed by atoms with van der Waals surface area (Å²) in [6.45, 7) is 2.44. The third-order valence-electron chi connectivity index (χ3n) is 5.00. The number of hydrogen-bond donors (Lipinski definition) is 2. The van der Waals surface area contributed by atoms with Crippen LogP contribution in [0.5, 0.6) is 5.75 Å². The highest BCUT2D eigenvalue weighted by atomic mass is 16.5. The molecule has 2 heterocycles. The van der Waals surface area contributed by atoms with Crippen LogP contribution in [0.2, 0.25) is 0 Å². The molecule has 2 aromatic carbocycles.